The van der Waals surface area contributed by atoms with Crippen molar-refractivity contribution in [1.29, 1.82) is 0 Å². The Bertz CT molecular complexity index is 668. The van der Waals surface area contributed by atoms with Crippen LogP contribution in [0.5, 0.6) is 0 Å². The van der Waals surface area contributed by atoms with Gasteiger partial charge in [0.15, 0.2) is 0 Å². The molecule has 1 aromatic carbocycles. The normalized spacial score (nSPS) is 19.6. The van der Waals surface area contributed by atoms with Crippen molar-refractivity contribution in [3.63, 3.8) is 0 Å². The first-order valence-electron chi connectivity index (χ1n) is 10.6. The average Bonchev–Trinajstić information content (AvgIpc) is 3.24. The number of hydrogen-bond acceptors (Lipinski definition) is 3. The molecule has 2 fully saturated rings. The molecule has 1 saturated heterocycles. The molecule has 0 aromatic heterocycles. The number of carbonyl (C=O) groups excluding carboxylic acids is 2. The minimum atomic E-state index is -0.305. The van der Waals surface area contributed by atoms with Crippen LogP contribution in [0.2, 0.25) is 0 Å². The standard InChI is InChI=1S/C22H32FN3O2/c1-17(22(28)24-16-19-8-4-5-9-20(19)23)25-12-14-26(15-13-25)21(27)11-10-18-6-2-3-7-18/h4-5,8-9,17-18H,2-3,6-7,10-16H2,1H3,(H,24,28). The minimum Gasteiger partial charge on any atom is -0.351 e. The van der Waals surface area contributed by atoms with Gasteiger partial charge in [0.2, 0.25) is 11.8 Å². The van der Waals surface area contributed by atoms with Crippen LogP contribution in [0.1, 0.15) is 51.0 Å². The summed E-state index contributed by atoms with van der Waals surface area (Å²) in [6, 6.07) is 6.18. The lowest BCUT2D eigenvalue weighted by Gasteiger charge is -2.37. The van der Waals surface area contributed by atoms with Gasteiger partial charge in [0, 0.05) is 44.7 Å². The van der Waals surface area contributed by atoms with Crippen LogP contribution >= 0.6 is 0 Å². The van der Waals surface area contributed by atoms with E-state index in [1.54, 1.807) is 18.2 Å². The molecular formula is C22H32FN3O2. The highest BCUT2D eigenvalue weighted by atomic mass is 19.1. The molecule has 28 heavy (non-hydrogen) atoms. The van der Waals surface area contributed by atoms with E-state index in [0.717, 1.165) is 12.3 Å². The van der Waals surface area contributed by atoms with Crippen LogP contribution in [0.3, 0.4) is 0 Å². The van der Waals surface area contributed by atoms with Crippen LogP contribution in [-0.2, 0) is 16.1 Å². The lowest BCUT2D eigenvalue weighted by molar-refractivity contribution is -0.134. The molecule has 1 heterocycles. The van der Waals surface area contributed by atoms with E-state index >= 15 is 0 Å². The van der Waals surface area contributed by atoms with E-state index in [9.17, 15) is 14.0 Å². The van der Waals surface area contributed by atoms with Crippen molar-refractivity contribution in [1.82, 2.24) is 15.1 Å². The first kappa shape index (κ1) is 20.8. The molecule has 0 spiro atoms. The van der Waals surface area contributed by atoms with Crippen LogP contribution in [0, 0.1) is 11.7 Å². The quantitative estimate of drug-likeness (QED) is 0.780. The molecule has 5 nitrogen and oxygen atoms in total. The largest absolute Gasteiger partial charge is 0.351 e. The van der Waals surface area contributed by atoms with Gasteiger partial charge in [-0.1, -0.05) is 43.9 Å². The highest BCUT2D eigenvalue weighted by Crippen LogP contribution is 2.28. The van der Waals surface area contributed by atoms with E-state index < -0.39 is 0 Å². The Hall–Kier alpha value is -1.95. The molecule has 2 amide bonds. The number of nitrogens with one attached hydrogen (secondary N) is 1. The molecule has 1 aliphatic heterocycles. The number of hydrogen-bond donors (Lipinski definition) is 1. The number of amides is 2. The van der Waals surface area contributed by atoms with Gasteiger partial charge in [-0.25, -0.2) is 4.39 Å². The molecule has 0 radical (unpaired) electrons. The van der Waals surface area contributed by atoms with Gasteiger partial charge in [0.25, 0.3) is 0 Å². The third-order valence-electron chi connectivity index (χ3n) is 6.25. The number of rotatable bonds is 7. The third kappa shape index (κ3) is 5.53. The van der Waals surface area contributed by atoms with Crippen molar-refractivity contribution in [3.8, 4) is 0 Å². The molecule has 154 valence electrons. The number of piperazine rings is 1. The number of carbonyl (C=O) groups is 2. The molecule has 0 bridgehead atoms. The fourth-order valence-corrected chi connectivity index (χ4v) is 4.28. The average molecular weight is 390 g/mol. The summed E-state index contributed by atoms with van der Waals surface area (Å²) >= 11 is 0. The zero-order valence-electron chi connectivity index (χ0n) is 16.8. The zero-order valence-corrected chi connectivity index (χ0v) is 16.8. The van der Waals surface area contributed by atoms with Crippen molar-refractivity contribution >= 4 is 11.8 Å². The van der Waals surface area contributed by atoms with Crippen molar-refractivity contribution in [3.05, 3.63) is 35.6 Å². The summed E-state index contributed by atoms with van der Waals surface area (Å²) in [6.07, 6.45) is 6.86. The number of halogens is 1. The van der Waals surface area contributed by atoms with E-state index in [4.69, 9.17) is 0 Å². The summed E-state index contributed by atoms with van der Waals surface area (Å²) in [5.74, 6) is 0.580. The third-order valence-corrected chi connectivity index (χ3v) is 6.25. The maximum atomic E-state index is 13.7. The topological polar surface area (TPSA) is 52.7 Å². The van der Waals surface area contributed by atoms with Crippen LogP contribution in [0.15, 0.2) is 24.3 Å². The summed E-state index contributed by atoms with van der Waals surface area (Å²) in [7, 11) is 0. The second-order valence-electron chi connectivity index (χ2n) is 8.09. The van der Waals surface area contributed by atoms with Crippen molar-refractivity contribution in [2.75, 3.05) is 26.2 Å². The van der Waals surface area contributed by atoms with Gasteiger partial charge in [0.05, 0.1) is 6.04 Å². The minimum absolute atomic E-state index is 0.107. The van der Waals surface area contributed by atoms with E-state index in [2.05, 4.69) is 10.2 Å². The maximum Gasteiger partial charge on any atom is 0.237 e. The fraction of sp³-hybridized carbons (Fsp3) is 0.636. The van der Waals surface area contributed by atoms with Crippen LogP contribution in [0.25, 0.3) is 0 Å². The molecule has 1 aromatic rings. The number of benzene rings is 1. The molecule has 1 atom stereocenters. The van der Waals surface area contributed by atoms with E-state index in [0.29, 0.717) is 38.2 Å². The van der Waals surface area contributed by atoms with Gasteiger partial charge in [-0.3, -0.25) is 14.5 Å². The highest BCUT2D eigenvalue weighted by Gasteiger charge is 2.27. The Morgan fingerprint density at radius 2 is 1.82 bits per heavy atom. The summed E-state index contributed by atoms with van der Waals surface area (Å²) in [5, 5.41) is 2.82. The molecule has 2 aliphatic rings. The fourth-order valence-electron chi connectivity index (χ4n) is 4.28. The molecule has 3 rings (SSSR count). The van der Waals surface area contributed by atoms with Gasteiger partial charge in [-0.2, -0.15) is 0 Å². The van der Waals surface area contributed by atoms with Crippen LogP contribution in [0.4, 0.5) is 4.39 Å². The predicted octanol–water partition coefficient (Wildman–Crippen LogP) is 2.95. The Kier molecular flexibility index (Phi) is 7.43. The van der Waals surface area contributed by atoms with Gasteiger partial charge >= 0.3 is 0 Å². The zero-order chi connectivity index (χ0) is 19.9. The molecular weight excluding hydrogens is 357 g/mol. The Morgan fingerprint density at radius 3 is 2.50 bits per heavy atom. The summed E-state index contributed by atoms with van der Waals surface area (Å²) in [5.41, 5.74) is 0.487. The molecule has 1 unspecified atom stereocenters. The Labute approximate surface area is 167 Å². The molecule has 1 aliphatic carbocycles. The summed E-state index contributed by atoms with van der Waals surface area (Å²) in [6.45, 7) is 4.81. The second-order valence-corrected chi connectivity index (χ2v) is 8.09. The van der Waals surface area contributed by atoms with E-state index in [-0.39, 0.29) is 30.2 Å². The first-order chi connectivity index (χ1) is 13.5. The van der Waals surface area contributed by atoms with Crippen molar-refractivity contribution < 1.29 is 14.0 Å². The molecule has 6 heteroatoms. The van der Waals surface area contributed by atoms with Crippen LogP contribution in [-0.4, -0.2) is 53.8 Å². The maximum absolute atomic E-state index is 13.7. The predicted molar refractivity (Wildman–Crippen MR) is 107 cm³/mol. The van der Waals surface area contributed by atoms with Gasteiger partial charge in [0.1, 0.15) is 5.82 Å². The van der Waals surface area contributed by atoms with Gasteiger partial charge in [-0.05, 0) is 25.3 Å². The lowest BCUT2D eigenvalue weighted by atomic mass is 10.0. The smallest absolute Gasteiger partial charge is 0.237 e. The SMILES string of the molecule is CC(C(=O)NCc1ccccc1F)N1CCN(C(=O)CCC2CCCC2)CC1. The Morgan fingerprint density at radius 1 is 1.14 bits per heavy atom. The first-order valence-corrected chi connectivity index (χ1v) is 10.6. The molecule has 1 saturated carbocycles. The summed E-state index contributed by atoms with van der Waals surface area (Å²) < 4.78 is 13.7. The van der Waals surface area contributed by atoms with E-state index in [1.807, 2.05) is 11.8 Å². The van der Waals surface area contributed by atoms with Crippen LogP contribution < -0.4 is 5.32 Å². The lowest BCUT2D eigenvalue weighted by Crippen LogP contribution is -2.54. The van der Waals surface area contributed by atoms with Gasteiger partial charge < -0.3 is 10.2 Å². The second kappa shape index (κ2) is 10.0. The monoisotopic (exact) mass is 389 g/mol. The van der Waals surface area contributed by atoms with Crippen molar-refractivity contribution in [2.45, 2.75) is 58.0 Å². The Balaban J connectivity index is 1.39. The summed E-state index contributed by atoms with van der Waals surface area (Å²) in [4.78, 5) is 28.9. The van der Waals surface area contributed by atoms with Gasteiger partial charge in [-0.15, -0.1) is 0 Å². The highest BCUT2D eigenvalue weighted by molar-refractivity contribution is 5.81. The van der Waals surface area contributed by atoms with Crippen molar-refractivity contribution in [2.24, 2.45) is 5.92 Å². The molecule has 1 N–H and O–H groups in total. The number of nitrogens with zero attached hydrogens (tertiary/aromatic N) is 2. The van der Waals surface area contributed by atoms with E-state index in [1.165, 1.54) is 31.7 Å².